The van der Waals surface area contributed by atoms with E-state index >= 15 is 0 Å². The number of halogens is 3. The minimum atomic E-state index is -4.52. The van der Waals surface area contributed by atoms with Crippen LogP contribution in [0.2, 0.25) is 0 Å². The predicted molar refractivity (Wildman–Crippen MR) is 75.6 cm³/mol. The van der Waals surface area contributed by atoms with Crippen molar-refractivity contribution in [1.82, 2.24) is 0 Å². The first kappa shape index (κ1) is 17.8. The Labute approximate surface area is 124 Å². The number of sulfone groups is 1. The smallest absolute Gasteiger partial charge is 0.396 e. The molecule has 21 heavy (non-hydrogen) atoms. The fourth-order valence-electron chi connectivity index (χ4n) is 1.54. The van der Waals surface area contributed by atoms with Gasteiger partial charge in [0.1, 0.15) is 16.4 Å². The summed E-state index contributed by atoms with van der Waals surface area (Å²) in [6, 6.07) is 0. The Morgan fingerprint density at radius 3 is 2.29 bits per heavy atom. The van der Waals surface area contributed by atoms with E-state index in [0.29, 0.717) is 11.3 Å². The summed E-state index contributed by atoms with van der Waals surface area (Å²) in [4.78, 5) is 11.4. The Morgan fingerprint density at radius 2 is 1.90 bits per heavy atom. The van der Waals surface area contributed by atoms with Gasteiger partial charge in [-0.15, -0.1) is 11.3 Å². The van der Waals surface area contributed by atoms with Crippen LogP contribution in [0.25, 0.3) is 0 Å². The van der Waals surface area contributed by atoms with Gasteiger partial charge in [-0.1, -0.05) is 13.8 Å². The molecule has 0 atom stereocenters. The van der Waals surface area contributed by atoms with Crippen molar-refractivity contribution >= 4 is 37.6 Å². The van der Waals surface area contributed by atoms with E-state index in [1.165, 1.54) is 0 Å². The quantitative estimate of drug-likeness (QED) is 0.801. The van der Waals surface area contributed by atoms with Crippen LogP contribution >= 0.6 is 11.3 Å². The molecule has 0 fully saturated rings. The van der Waals surface area contributed by atoms with E-state index in [0.717, 1.165) is 6.26 Å². The molecule has 10 heteroatoms. The minimum Gasteiger partial charge on any atom is -0.396 e. The molecule has 0 bridgehead atoms. The van der Waals surface area contributed by atoms with Crippen molar-refractivity contribution < 1.29 is 26.4 Å². The van der Waals surface area contributed by atoms with Crippen LogP contribution in [0.15, 0.2) is 4.90 Å². The number of carbonyl (C=O) groups is 1. The number of ketones is 1. The third-order valence-electron chi connectivity index (χ3n) is 2.47. The first-order valence-electron chi connectivity index (χ1n) is 5.81. The molecular weight excluding hydrogens is 329 g/mol. The number of nitrogens with two attached hydrogens (primary N) is 1. The second-order valence-electron chi connectivity index (χ2n) is 4.76. The van der Waals surface area contributed by atoms with Gasteiger partial charge in [0.25, 0.3) is 0 Å². The van der Waals surface area contributed by atoms with Gasteiger partial charge >= 0.3 is 6.18 Å². The number of alkyl halides is 3. The van der Waals surface area contributed by atoms with Crippen LogP contribution in [0.5, 0.6) is 0 Å². The molecule has 0 amide bonds. The Balaban J connectivity index is 3.36. The fraction of sp³-hybridized carbons (Fsp3) is 0.545. The van der Waals surface area contributed by atoms with Gasteiger partial charge in [0.05, 0.1) is 10.6 Å². The second-order valence-corrected chi connectivity index (χ2v) is 7.74. The standard InChI is InChI=1S/C11H15F3N2O3S2/c1-5(2)7(17)8-6(15)9(21(3,18)19)10(20-8)16-4-11(12,13)14/h5,16H,4,15H2,1-3H3. The number of Topliss-reactive ketones (excluding diaryl/α,β-unsaturated/α-hetero) is 1. The van der Waals surface area contributed by atoms with Gasteiger partial charge in [0.2, 0.25) is 0 Å². The third kappa shape index (κ3) is 4.34. The van der Waals surface area contributed by atoms with Crippen molar-refractivity contribution in [1.29, 1.82) is 0 Å². The lowest BCUT2D eigenvalue weighted by molar-refractivity contribution is -0.115. The molecule has 0 radical (unpaired) electrons. The average Bonchev–Trinajstić information content (AvgIpc) is 2.61. The summed E-state index contributed by atoms with van der Waals surface area (Å²) < 4.78 is 60.2. The van der Waals surface area contributed by atoms with Crippen LogP contribution in [0, 0.1) is 5.92 Å². The molecule has 5 nitrogen and oxygen atoms in total. The molecule has 0 aliphatic carbocycles. The fourth-order valence-corrected chi connectivity index (χ4v) is 4.19. The van der Waals surface area contributed by atoms with Crippen LogP contribution in [-0.2, 0) is 9.84 Å². The van der Waals surface area contributed by atoms with Gasteiger partial charge in [0, 0.05) is 12.2 Å². The van der Waals surface area contributed by atoms with E-state index in [9.17, 15) is 26.4 Å². The van der Waals surface area contributed by atoms with E-state index < -0.39 is 39.2 Å². The van der Waals surface area contributed by atoms with Crippen molar-refractivity contribution in [3.8, 4) is 0 Å². The molecule has 3 N–H and O–H groups in total. The van der Waals surface area contributed by atoms with E-state index in [1.54, 1.807) is 13.8 Å². The molecule has 0 saturated carbocycles. The maximum Gasteiger partial charge on any atom is 0.405 e. The Hall–Kier alpha value is -1.29. The van der Waals surface area contributed by atoms with Crippen molar-refractivity contribution in [3.05, 3.63) is 4.88 Å². The monoisotopic (exact) mass is 344 g/mol. The van der Waals surface area contributed by atoms with Gasteiger partial charge in [-0.2, -0.15) is 13.2 Å². The maximum absolute atomic E-state index is 12.3. The van der Waals surface area contributed by atoms with E-state index in [-0.39, 0.29) is 15.6 Å². The molecule has 120 valence electrons. The molecule has 1 heterocycles. The zero-order valence-electron chi connectivity index (χ0n) is 11.5. The minimum absolute atomic E-state index is 0.0462. The summed E-state index contributed by atoms with van der Waals surface area (Å²) in [5, 5.41) is 1.73. The molecule has 0 unspecified atom stereocenters. The highest BCUT2D eigenvalue weighted by Gasteiger charge is 2.31. The number of hydrogen-bond donors (Lipinski definition) is 2. The summed E-state index contributed by atoms with van der Waals surface area (Å²) in [7, 11) is -3.87. The van der Waals surface area contributed by atoms with Gasteiger partial charge in [-0.3, -0.25) is 4.79 Å². The third-order valence-corrected chi connectivity index (χ3v) is 4.94. The lowest BCUT2D eigenvalue weighted by Crippen LogP contribution is -2.21. The topological polar surface area (TPSA) is 89.3 Å². The van der Waals surface area contributed by atoms with E-state index in [4.69, 9.17) is 5.73 Å². The highest BCUT2D eigenvalue weighted by molar-refractivity contribution is 7.91. The molecule has 0 saturated heterocycles. The molecule has 0 aromatic carbocycles. The van der Waals surface area contributed by atoms with Crippen molar-refractivity contribution in [2.24, 2.45) is 5.92 Å². The lowest BCUT2D eigenvalue weighted by Gasteiger charge is -2.09. The summed E-state index contributed by atoms with van der Waals surface area (Å²) in [6.07, 6.45) is -3.69. The van der Waals surface area contributed by atoms with Crippen LogP contribution in [0.3, 0.4) is 0 Å². The van der Waals surface area contributed by atoms with Gasteiger partial charge in [-0.25, -0.2) is 8.42 Å². The van der Waals surface area contributed by atoms with Crippen molar-refractivity contribution in [2.45, 2.75) is 24.9 Å². The molecule has 1 aromatic rings. The summed E-state index contributed by atoms with van der Waals surface area (Å²) in [5.74, 6) is -0.865. The molecule has 0 aliphatic rings. The summed E-state index contributed by atoms with van der Waals surface area (Å²) in [6.45, 7) is 1.76. The van der Waals surface area contributed by atoms with Crippen LogP contribution in [0.4, 0.5) is 23.9 Å². The van der Waals surface area contributed by atoms with Crippen LogP contribution in [-0.4, -0.2) is 33.2 Å². The lowest BCUT2D eigenvalue weighted by atomic mass is 10.1. The average molecular weight is 344 g/mol. The zero-order chi connectivity index (χ0) is 16.6. The molecule has 1 rings (SSSR count). The largest absolute Gasteiger partial charge is 0.405 e. The maximum atomic E-state index is 12.3. The first-order valence-corrected chi connectivity index (χ1v) is 8.52. The number of nitrogens with one attached hydrogen (secondary N) is 1. The number of anilines is 2. The van der Waals surface area contributed by atoms with Crippen molar-refractivity contribution in [3.63, 3.8) is 0 Å². The molecule has 0 aliphatic heterocycles. The summed E-state index contributed by atoms with van der Waals surface area (Å²) in [5.41, 5.74) is 5.36. The van der Waals surface area contributed by atoms with Crippen LogP contribution in [0.1, 0.15) is 23.5 Å². The number of carbonyl (C=O) groups excluding carboxylic acids is 1. The molecular formula is C11H15F3N2O3S2. The zero-order valence-corrected chi connectivity index (χ0v) is 13.2. The Morgan fingerprint density at radius 1 is 1.38 bits per heavy atom. The number of nitrogen functional groups attached to an aromatic ring is 1. The van der Waals surface area contributed by atoms with Crippen LogP contribution < -0.4 is 11.1 Å². The van der Waals surface area contributed by atoms with E-state index in [2.05, 4.69) is 0 Å². The van der Waals surface area contributed by atoms with Crippen molar-refractivity contribution in [2.75, 3.05) is 23.9 Å². The highest BCUT2D eigenvalue weighted by atomic mass is 32.2. The number of hydrogen-bond acceptors (Lipinski definition) is 6. The highest BCUT2D eigenvalue weighted by Crippen LogP contribution is 2.40. The van der Waals surface area contributed by atoms with Gasteiger partial charge < -0.3 is 11.1 Å². The Bertz CT molecular complexity index is 648. The van der Waals surface area contributed by atoms with E-state index in [1.807, 2.05) is 5.32 Å². The van der Waals surface area contributed by atoms with Gasteiger partial charge in [-0.05, 0) is 0 Å². The van der Waals surface area contributed by atoms with Gasteiger partial charge in [0.15, 0.2) is 15.6 Å². The molecule has 0 spiro atoms. The second kappa shape index (κ2) is 5.84. The molecule has 1 aromatic heterocycles. The predicted octanol–water partition coefficient (Wildman–Crippen LogP) is 2.55. The first-order chi connectivity index (χ1) is 9.34. The number of thiophene rings is 1. The Kier molecular flexibility index (Phi) is 4.94. The summed E-state index contributed by atoms with van der Waals surface area (Å²) >= 11 is 0.625. The normalized spacial score (nSPS) is 12.7. The number of rotatable bonds is 5. The SMILES string of the molecule is CC(C)C(=O)c1sc(NCC(F)(F)F)c(S(C)(=O)=O)c1N.